The molecule has 2 heterocycles. The molecule has 7 heteroatoms. The highest BCUT2D eigenvalue weighted by molar-refractivity contribution is 6.32. The molecule has 0 unspecified atom stereocenters. The fourth-order valence-electron chi connectivity index (χ4n) is 2.82. The quantitative estimate of drug-likeness (QED) is 0.458. The van der Waals surface area contributed by atoms with Crippen LogP contribution in [0.25, 0.3) is 0 Å². The first-order valence-electron chi connectivity index (χ1n) is 6.95. The molecule has 0 atom stereocenters. The van der Waals surface area contributed by atoms with Crippen molar-refractivity contribution in [1.29, 1.82) is 0 Å². The minimum absolute atomic E-state index is 0.0269. The van der Waals surface area contributed by atoms with Gasteiger partial charge in [-0.2, -0.15) is 0 Å². The van der Waals surface area contributed by atoms with Gasteiger partial charge in [-0.25, -0.2) is 0 Å². The monoisotopic (exact) mass is 312 g/mol. The zero-order chi connectivity index (χ0) is 14.9. The van der Waals surface area contributed by atoms with Crippen LogP contribution < -0.4 is 4.74 Å². The number of ether oxygens (including phenoxy) is 2. The van der Waals surface area contributed by atoms with Crippen LogP contribution in [0, 0.1) is 15.5 Å². The molecule has 0 aliphatic carbocycles. The second kappa shape index (κ2) is 5.79. The molecular formula is C14H17ClN2O4. The molecule has 2 saturated heterocycles. The Bertz CT molecular complexity index is 540. The standard InChI is InChI=1S/C14H17ClN2O4/c15-12-6-11(17(18)19)2-3-13(12)21-5-1-4-16-7-14(8-16)9-20-10-14/h2-3,6H,1,4-5,7-10H2. The number of nitrogens with zero attached hydrogens (tertiary/aromatic N) is 2. The maximum absolute atomic E-state index is 10.6. The van der Waals surface area contributed by atoms with Crippen LogP contribution in [0.5, 0.6) is 5.75 Å². The SMILES string of the molecule is O=[N+]([O-])c1ccc(OCCCN2CC3(COC3)C2)c(Cl)c1. The number of non-ortho nitro benzene ring substituents is 1. The van der Waals surface area contributed by atoms with Gasteiger partial charge < -0.3 is 14.4 Å². The molecule has 1 spiro atoms. The van der Waals surface area contributed by atoms with Gasteiger partial charge in [-0.1, -0.05) is 11.6 Å². The summed E-state index contributed by atoms with van der Waals surface area (Å²) in [5.41, 5.74) is 0.420. The van der Waals surface area contributed by atoms with E-state index in [1.165, 1.54) is 12.1 Å². The second-order valence-corrected chi connectivity index (χ2v) is 6.18. The smallest absolute Gasteiger partial charge is 0.271 e. The summed E-state index contributed by atoms with van der Waals surface area (Å²) in [5, 5.41) is 10.9. The first kappa shape index (κ1) is 14.6. The van der Waals surface area contributed by atoms with Crippen molar-refractivity contribution in [2.24, 2.45) is 5.41 Å². The van der Waals surface area contributed by atoms with Crippen molar-refractivity contribution in [1.82, 2.24) is 4.90 Å². The van der Waals surface area contributed by atoms with E-state index < -0.39 is 4.92 Å². The van der Waals surface area contributed by atoms with Gasteiger partial charge in [0.2, 0.25) is 0 Å². The summed E-state index contributed by atoms with van der Waals surface area (Å²) in [7, 11) is 0. The van der Waals surface area contributed by atoms with Crippen molar-refractivity contribution in [2.75, 3.05) is 39.5 Å². The largest absolute Gasteiger partial charge is 0.492 e. The van der Waals surface area contributed by atoms with E-state index in [0.29, 0.717) is 17.8 Å². The van der Waals surface area contributed by atoms with Crippen molar-refractivity contribution in [2.45, 2.75) is 6.42 Å². The number of nitro benzene ring substituents is 1. The summed E-state index contributed by atoms with van der Waals surface area (Å²) in [6.45, 7) is 5.58. The lowest BCUT2D eigenvalue weighted by atomic mass is 9.78. The van der Waals surface area contributed by atoms with E-state index in [-0.39, 0.29) is 10.7 Å². The minimum Gasteiger partial charge on any atom is -0.492 e. The van der Waals surface area contributed by atoms with Crippen molar-refractivity contribution in [3.63, 3.8) is 0 Å². The third kappa shape index (κ3) is 3.12. The molecule has 114 valence electrons. The van der Waals surface area contributed by atoms with Gasteiger partial charge in [-0.3, -0.25) is 10.1 Å². The molecule has 0 aromatic heterocycles. The van der Waals surface area contributed by atoms with Gasteiger partial charge in [-0.15, -0.1) is 0 Å². The highest BCUT2D eigenvalue weighted by atomic mass is 35.5. The molecule has 0 radical (unpaired) electrons. The van der Waals surface area contributed by atoms with E-state index in [2.05, 4.69) is 4.90 Å². The van der Waals surface area contributed by atoms with E-state index in [1.54, 1.807) is 6.07 Å². The Morgan fingerprint density at radius 1 is 1.43 bits per heavy atom. The lowest BCUT2D eigenvalue weighted by Gasteiger charge is -2.55. The zero-order valence-electron chi connectivity index (χ0n) is 11.6. The van der Waals surface area contributed by atoms with Gasteiger partial charge >= 0.3 is 0 Å². The molecule has 2 fully saturated rings. The first-order chi connectivity index (χ1) is 10.1. The Hall–Kier alpha value is -1.37. The van der Waals surface area contributed by atoms with Gasteiger partial charge in [0.1, 0.15) is 5.75 Å². The Kier molecular flexibility index (Phi) is 4.01. The molecule has 2 aliphatic rings. The van der Waals surface area contributed by atoms with E-state index >= 15 is 0 Å². The molecule has 1 aromatic rings. The van der Waals surface area contributed by atoms with Crippen LogP contribution in [0.4, 0.5) is 5.69 Å². The summed E-state index contributed by atoms with van der Waals surface area (Å²) < 4.78 is 10.8. The van der Waals surface area contributed by atoms with E-state index in [9.17, 15) is 10.1 Å². The number of hydrogen-bond acceptors (Lipinski definition) is 5. The van der Waals surface area contributed by atoms with Crippen LogP contribution in [0.2, 0.25) is 5.02 Å². The third-order valence-corrected chi connectivity index (χ3v) is 4.23. The highest BCUT2D eigenvalue weighted by Gasteiger charge is 2.48. The molecule has 0 amide bonds. The first-order valence-corrected chi connectivity index (χ1v) is 7.33. The molecule has 3 rings (SSSR count). The van der Waals surface area contributed by atoms with Gasteiger partial charge in [-0.05, 0) is 12.5 Å². The molecule has 0 N–H and O–H groups in total. The van der Waals surface area contributed by atoms with Crippen LogP contribution >= 0.6 is 11.6 Å². The number of likely N-dealkylation sites (tertiary alicyclic amines) is 1. The van der Waals surface area contributed by atoms with Crippen LogP contribution in [0.3, 0.4) is 0 Å². The lowest BCUT2D eigenvalue weighted by molar-refractivity contribution is -0.384. The number of nitro groups is 1. The molecule has 0 saturated carbocycles. The fourth-order valence-corrected chi connectivity index (χ4v) is 3.05. The lowest BCUT2D eigenvalue weighted by Crippen LogP contribution is -2.65. The van der Waals surface area contributed by atoms with Gasteiger partial charge in [0.25, 0.3) is 5.69 Å². The third-order valence-electron chi connectivity index (χ3n) is 3.94. The highest BCUT2D eigenvalue weighted by Crippen LogP contribution is 2.37. The molecule has 2 aliphatic heterocycles. The Labute approximate surface area is 127 Å². The Balaban J connectivity index is 1.38. The van der Waals surface area contributed by atoms with Gasteiger partial charge in [0.15, 0.2) is 0 Å². The van der Waals surface area contributed by atoms with Crippen molar-refractivity contribution in [3.05, 3.63) is 33.3 Å². The van der Waals surface area contributed by atoms with Gasteiger partial charge in [0, 0.05) is 37.2 Å². The summed E-state index contributed by atoms with van der Waals surface area (Å²) in [5.74, 6) is 0.495. The predicted molar refractivity (Wildman–Crippen MR) is 77.9 cm³/mol. The van der Waals surface area contributed by atoms with Crippen LogP contribution in [-0.4, -0.2) is 49.3 Å². The zero-order valence-corrected chi connectivity index (χ0v) is 12.3. The number of benzene rings is 1. The van der Waals surface area contributed by atoms with Crippen molar-refractivity contribution in [3.8, 4) is 5.75 Å². The topological polar surface area (TPSA) is 64.8 Å². The fraction of sp³-hybridized carbons (Fsp3) is 0.571. The predicted octanol–water partition coefficient (Wildman–Crippen LogP) is 2.35. The number of rotatable bonds is 6. The number of hydrogen-bond donors (Lipinski definition) is 0. The summed E-state index contributed by atoms with van der Waals surface area (Å²) in [6, 6.07) is 4.26. The van der Waals surface area contributed by atoms with Crippen molar-refractivity contribution >= 4 is 17.3 Å². The van der Waals surface area contributed by atoms with Crippen LogP contribution in [0.15, 0.2) is 18.2 Å². The van der Waals surface area contributed by atoms with E-state index in [0.717, 1.165) is 39.3 Å². The number of halogens is 1. The van der Waals surface area contributed by atoms with Crippen LogP contribution in [-0.2, 0) is 4.74 Å². The van der Waals surface area contributed by atoms with E-state index in [4.69, 9.17) is 21.1 Å². The average Bonchev–Trinajstić information content (AvgIpc) is 2.35. The van der Waals surface area contributed by atoms with Crippen molar-refractivity contribution < 1.29 is 14.4 Å². The van der Waals surface area contributed by atoms with Crippen LogP contribution in [0.1, 0.15) is 6.42 Å². The minimum atomic E-state index is -0.473. The Morgan fingerprint density at radius 2 is 2.19 bits per heavy atom. The molecule has 6 nitrogen and oxygen atoms in total. The summed E-state index contributed by atoms with van der Waals surface area (Å²) in [6.07, 6.45) is 0.907. The van der Waals surface area contributed by atoms with E-state index in [1.807, 2.05) is 0 Å². The van der Waals surface area contributed by atoms with Gasteiger partial charge in [0.05, 0.1) is 29.8 Å². The Morgan fingerprint density at radius 3 is 2.76 bits per heavy atom. The second-order valence-electron chi connectivity index (χ2n) is 5.78. The average molecular weight is 313 g/mol. The molecule has 0 bridgehead atoms. The normalized spacial score (nSPS) is 19.9. The summed E-state index contributed by atoms with van der Waals surface area (Å²) in [4.78, 5) is 12.5. The summed E-state index contributed by atoms with van der Waals surface area (Å²) >= 11 is 5.96. The molecular weight excluding hydrogens is 296 g/mol. The molecule has 1 aromatic carbocycles. The maximum atomic E-state index is 10.6. The molecule has 21 heavy (non-hydrogen) atoms. The maximum Gasteiger partial charge on any atom is 0.271 e.